The van der Waals surface area contributed by atoms with E-state index in [4.69, 9.17) is 9.47 Å². The summed E-state index contributed by atoms with van der Waals surface area (Å²) in [5.74, 6) is 0.639. The van der Waals surface area contributed by atoms with Crippen molar-refractivity contribution >= 4 is 17.2 Å². The van der Waals surface area contributed by atoms with E-state index in [2.05, 4.69) is 20.6 Å². The second kappa shape index (κ2) is 10.5. The number of amides is 1. The number of ether oxygens (including phenoxy) is 2. The van der Waals surface area contributed by atoms with Crippen molar-refractivity contribution < 1.29 is 14.3 Å². The summed E-state index contributed by atoms with van der Waals surface area (Å²) in [5, 5.41) is 17.2. The number of hydrogen-bond acceptors (Lipinski definition) is 8. The lowest BCUT2D eigenvalue weighted by Gasteiger charge is -2.10. The molecule has 0 aliphatic heterocycles. The average molecular weight is 464 g/mol. The van der Waals surface area contributed by atoms with E-state index in [0.717, 1.165) is 20.8 Å². The fourth-order valence-corrected chi connectivity index (χ4v) is 3.74. The van der Waals surface area contributed by atoms with Gasteiger partial charge in [-0.25, -0.2) is 4.68 Å². The molecular weight excluding hydrogens is 442 g/mol. The molecule has 0 saturated heterocycles. The third kappa shape index (κ3) is 5.60. The lowest BCUT2D eigenvalue weighted by molar-refractivity contribution is -0.122. The third-order valence-corrected chi connectivity index (χ3v) is 5.52. The highest BCUT2D eigenvalue weighted by atomic mass is 32.1. The van der Waals surface area contributed by atoms with E-state index in [0.29, 0.717) is 17.3 Å². The summed E-state index contributed by atoms with van der Waals surface area (Å²) in [4.78, 5) is 25.5. The summed E-state index contributed by atoms with van der Waals surface area (Å²) in [5.41, 5.74) is 1.67. The molecule has 0 aliphatic rings. The Morgan fingerprint density at radius 3 is 2.64 bits per heavy atom. The first-order valence-electron chi connectivity index (χ1n) is 10.1. The Hall–Kier alpha value is -4.05. The maximum Gasteiger partial charge on any atom is 0.267 e. The lowest BCUT2D eigenvalue weighted by atomic mass is 10.1. The minimum absolute atomic E-state index is 0.211. The van der Waals surface area contributed by atoms with Crippen molar-refractivity contribution in [3.05, 3.63) is 76.4 Å². The molecule has 1 N–H and O–H groups in total. The second-order valence-corrected chi connectivity index (χ2v) is 7.79. The minimum Gasteiger partial charge on any atom is -0.496 e. The predicted octanol–water partition coefficient (Wildman–Crippen LogP) is 2.63. The van der Waals surface area contributed by atoms with E-state index in [1.807, 2.05) is 41.8 Å². The fraction of sp³-hybridized carbons (Fsp3) is 0.174. The van der Waals surface area contributed by atoms with Crippen LogP contribution in [0.15, 0.2) is 70.8 Å². The Morgan fingerprint density at radius 1 is 1.03 bits per heavy atom. The van der Waals surface area contributed by atoms with Gasteiger partial charge in [0, 0.05) is 17.7 Å². The zero-order valence-corrected chi connectivity index (χ0v) is 18.6. The molecule has 10 heteroatoms. The highest BCUT2D eigenvalue weighted by Gasteiger charge is 2.11. The lowest BCUT2D eigenvalue weighted by Crippen LogP contribution is -2.35. The largest absolute Gasteiger partial charge is 0.496 e. The van der Waals surface area contributed by atoms with Gasteiger partial charge < -0.3 is 14.8 Å². The number of nitrogens with zero attached hydrogens (tertiary/aromatic N) is 4. The summed E-state index contributed by atoms with van der Waals surface area (Å²) in [6.45, 7) is 0.244. The molecule has 3 aromatic heterocycles. The van der Waals surface area contributed by atoms with Crippen LogP contribution in [0.2, 0.25) is 0 Å². The summed E-state index contributed by atoms with van der Waals surface area (Å²) in [7, 11) is 1.56. The third-order valence-electron chi connectivity index (χ3n) is 4.63. The van der Waals surface area contributed by atoms with Gasteiger partial charge in [0.2, 0.25) is 11.8 Å². The molecule has 4 aromatic rings. The Balaban J connectivity index is 1.30. The summed E-state index contributed by atoms with van der Waals surface area (Å²) in [6.07, 6.45) is 0. The number of carbonyl (C=O) groups is 1. The zero-order chi connectivity index (χ0) is 23.0. The minimum atomic E-state index is -0.374. The van der Waals surface area contributed by atoms with Crippen LogP contribution in [0.5, 0.6) is 11.6 Å². The van der Waals surface area contributed by atoms with Gasteiger partial charge in [-0.15, -0.1) is 21.5 Å². The number of aromatic nitrogens is 4. The smallest absolute Gasteiger partial charge is 0.267 e. The summed E-state index contributed by atoms with van der Waals surface area (Å²) < 4.78 is 12.0. The topological polar surface area (TPSA) is 108 Å². The number of para-hydroxylation sites is 1. The number of carbonyl (C=O) groups excluding carboxylic acids is 1. The molecule has 0 bridgehead atoms. The van der Waals surface area contributed by atoms with Crippen molar-refractivity contribution in [2.75, 3.05) is 20.3 Å². The zero-order valence-electron chi connectivity index (χ0n) is 17.8. The number of hydrogen-bond donors (Lipinski definition) is 1. The van der Waals surface area contributed by atoms with Crippen LogP contribution in [-0.4, -0.2) is 46.1 Å². The van der Waals surface area contributed by atoms with Crippen LogP contribution in [0.4, 0.5) is 0 Å². The highest BCUT2D eigenvalue weighted by molar-refractivity contribution is 7.13. The average Bonchev–Trinajstić information content (AvgIpc) is 3.39. The molecule has 0 radical (unpaired) electrons. The number of methoxy groups -OCH3 is 1. The number of benzene rings is 1. The quantitative estimate of drug-likeness (QED) is 0.380. The van der Waals surface area contributed by atoms with E-state index in [1.165, 1.54) is 6.07 Å². The van der Waals surface area contributed by atoms with Crippen molar-refractivity contribution in [1.29, 1.82) is 0 Å². The maximum atomic E-state index is 12.3. The molecule has 33 heavy (non-hydrogen) atoms. The Morgan fingerprint density at radius 2 is 1.88 bits per heavy atom. The molecule has 1 amide bonds. The second-order valence-electron chi connectivity index (χ2n) is 6.85. The van der Waals surface area contributed by atoms with E-state index in [9.17, 15) is 9.59 Å². The molecule has 1 aromatic carbocycles. The molecule has 9 nitrogen and oxygen atoms in total. The summed E-state index contributed by atoms with van der Waals surface area (Å²) in [6, 6.07) is 17.8. The van der Waals surface area contributed by atoms with Gasteiger partial charge in [0.25, 0.3) is 5.56 Å². The normalized spacial score (nSPS) is 10.6. The first kappa shape index (κ1) is 22.2. The Labute approximate surface area is 193 Å². The molecule has 3 heterocycles. The van der Waals surface area contributed by atoms with Crippen LogP contribution >= 0.6 is 11.3 Å². The van der Waals surface area contributed by atoms with Crippen LogP contribution in [0.3, 0.4) is 0 Å². The molecule has 0 spiro atoms. The van der Waals surface area contributed by atoms with Crippen LogP contribution in [0.1, 0.15) is 0 Å². The van der Waals surface area contributed by atoms with Crippen molar-refractivity contribution in [2.24, 2.45) is 0 Å². The van der Waals surface area contributed by atoms with Gasteiger partial charge in [-0.05, 0) is 35.7 Å². The monoisotopic (exact) mass is 463 g/mol. The van der Waals surface area contributed by atoms with Gasteiger partial charge in [0.1, 0.15) is 24.6 Å². The molecule has 0 aliphatic carbocycles. The van der Waals surface area contributed by atoms with Gasteiger partial charge in [0.15, 0.2) is 0 Å². The van der Waals surface area contributed by atoms with E-state index >= 15 is 0 Å². The van der Waals surface area contributed by atoms with Crippen LogP contribution in [-0.2, 0) is 11.3 Å². The van der Waals surface area contributed by atoms with Gasteiger partial charge >= 0.3 is 0 Å². The van der Waals surface area contributed by atoms with E-state index < -0.39 is 0 Å². The number of nitrogens with one attached hydrogen (secondary N) is 1. The molecule has 4 rings (SSSR count). The van der Waals surface area contributed by atoms with Crippen LogP contribution in [0, 0.1) is 0 Å². The van der Waals surface area contributed by atoms with Gasteiger partial charge in [-0.2, -0.15) is 5.10 Å². The highest BCUT2D eigenvalue weighted by Crippen LogP contribution is 2.27. The Kier molecular flexibility index (Phi) is 7.06. The molecule has 0 saturated carbocycles. The number of rotatable bonds is 9. The molecule has 0 fully saturated rings. The van der Waals surface area contributed by atoms with Crippen molar-refractivity contribution in [3.63, 3.8) is 0 Å². The molecule has 0 unspecified atom stereocenters. The summed E-state index contributed by atoms with van der Waals surface area (Å²) >= 11 is 1.58. The molecule has 0 atom stereocenters. The van der Waals surface area contributed by atoms with Crippen LogP contribution in [0.25, 0.3) is 21.8 Å². The van der Waals surface area contributed by atoms with Crippen molar-refractivity contribution in [3.8, 4) is 33.5 Å². The molecular formula is C23H21N5O4S. The fourth-order valence-electron chi connectivity index (χ4n) is 3.05. The SMILES string of the molecule is COc1ccccc1-c1ccc(=O)n(CC(=O)NCCOc2ccc(-c3cccs3)nn2)n1. The van der Waals surface area contributed by atoms with Crippen molar-refractivity contribution in [1.82, 2.24) is 25.3 Å². The van der Waals surface area contributed by atoms with Crippen molar-refractivity contribution in [2.45, 2.75) is 6.54 Å². The first-order valence-corrected chi connectivity index (χ1v) is 11.0. The van der Waals surface area contributed by atoms with E-state index in [-0.39, 0.29) is 31.2 Å². The van der Waals surface area contributed by atoms with Gasteiger partial charge in [0.05, 0.1) is 24.2 Å². The maximum absolute atomic E-state index is 12.3. The van der Waals surface area contributed by atoms with Gasteiger partial charge in [-0.3, -0.25) is 9.59 Å². The standard InChI is InChI=1S/C23H21N5O4S/c1-31-19-6-3-2-5-16(19)17-9-11-23(30)28(27-17)15-21(29)24-12-13-32-22-10-8-18(25-26-22)20-7-4-14-33-20/h2-11,14H,12-13,15H2,1H3,(H,24,29). The van der Waals surface area contributed by atoms with E-state index in [1.54, 1.807) is 36.6 Å². The Bertz CT molecular complexity index is 1270. The van der Waals surface area contributed by atoms with Crippen LogP contribution < -0.4 is 20.3 Å². The van der Waals surface area contributed by atoms with Gasteiger partial charge in [-0.1, -0.05) is 18.2 Å². The first-order chi connectivity index (χ1) is 16.1. The predicted molar refractivity (Wildman–Crippen MR) is 124 cm³/mol. The molecule has 168 valence electrons. The number of thiophene rings is 1.